The Morgan fingerprint density at radius 3 is 2.38 bits per heavy atom. The fourth-order valence-corrected chi connectivity index (χ4v) is 5.76. The van der Waals surface area contributed by atoms with Crippen molar-refractivity contribution in [2.24, 2.45) is 11.8 Å². The molecular formula is C21H28BrF3N2O4S. The van der Waals surface area contributed by atoms with Gasteiger partial charge in [-0.25, -0.2) is 14.5 Å². The molecule has 6 nitrogen and oxygen atoms in total. The number of carbonyl (C=O) groups is 3. The highest BCUT2D eigenvalue weighted by Gasteiger charge is 2.56. The van der Waals surface area contributed by atoms with E-state index in [0.717, 1.165) is 15.1 Å². The molecule has 1 aromatic rings. The first kappa shape index (κ1) is 26.6. The Bertz CT molecular complexity index is 811. The van der Waals surface area contributed by atoms with Crippen molar-refractivity contribution < 1.29 is 32.7 Å². The van der Waals surface area contributed by atoms with Crippen LogP contribution in [0.1, 0.15) is 57.2 Å². The Hall–Kier alpha value is -1.62. The predicted molar refractivity (Wildman–Crippen MR) is 118 cm³/mol. The zero-order valence-electron chi connectivity index (χ0n) is 18.0. The number of likely N-dealkylation sites (tertiary alicyclic amines) is 1. The van der Waals surface area contributed by atoms with E-state index in [1.54, 1.807) is 0 Å². The number of urea groups is 1. The molecule has 1 saturated carbocycles. The van der Waals surface area contributed by atoms with Crippen LogP contribution in [-0.4, -0.2) is 46.2 Å². The van der Waals surface area contributed by atoms with Gasteiger partial charge in [-0.05, 0) is 59.7 Å². The van der Waals surface area contributed by atoms with Gasteiger partial charge in [0.05, 0.1) is 9.70 Å². The van der Waals surface area contributed by atoms with Crippen molar-refractivity contribution in [3.05, 3.63) is 20.8 Å². The van der Waals surface area contributed by atoms with Crippen LogP contribution in [0.25, 0.3) is 0 Å². The van der Waals surface area contributed by atoms with Gasteiger partial charge in [-0.15, -0.1) is 11.3 Å². The Kier molecular flexibility index (Phi) is 9.56. The fourth-order valence-electron chi connectivity index (χ4n) is 4.26. The number of carbonyl (C=O) groups excluding carboxylic acids is 2. The van der Waals surface area contributed by atoms with Gasteiger partial charge in [-0.2, -0.15) is 13.2 Å². The molecule has 0 spiro atoms. The lowest BCUT2D eigenvalue weighted by Crippen LogP contribution is -2.69. The van der Waals surface area contributed by atoms with Crippen LogP contribution in [0.3, 0.4) is 0 Å². The van der Waals surface area contributed by atoms with Crippen molar-refractivity contribution in [2.45, 2.75) is 77.1 Å². The molecule has 32 heavy (non-hydrogen) atoms. The third-order valence-corrected chi connectivity index (χ3v) is 7.45. The summed E-state index contributed by atoms with van der Waals surface area (Å²) in [4.78, 5) is 38.0. The third kappa shape index (κ3) is 6.24. The smallest absolute Gasteiger partial charge is 0.408 e. The summed E-state index contributed by atoms with van der Waals surface area (Å²) in [5.74, 6) is -3.85. The second-order valence-electron chi connectivity index (χ2n) is 7.71. The molecule has 180 valence electrons. The Balaban J connectivity index is 0.00000176. The molecular weight excluding hydrogens is 513 g/mol. The SMILES string of the molecule is CC.O=C(O)C1[C@@H](CCc2ccc(Br)s2)C(=O)N1C(=O)NC(C1CCCCC1)C(F)(F)F. The minimum absolute atomic E-state index is 0.206. The van der Waals surface area contributed by atoms with Gasteiger partial charge in [-0.1, -0.05) is 33.1 Å². The van der Waals surface area contributed by atoms with Gasteiger partial charge in [-0.3, -0.25) is 4.79 Å². The zero-order chi connectivity index (χ0) is 24.1. The number of amides is 3. The van der Waals surface area contributed by atoms with Crippen molar-refractivity contribution >= 4 is 45.2 Å². The summed E-state index contributed by atoms with van der Waals surface area (Å²) in [6.45, 7) is 4.00. The van der Waals surface area contributed by atoms with Crippen LogP contribution in [0.5, 0.6) is 0 Å². The number of thiophene rings is 1. The second-order valence-corrected chi connectivity index (χ2v) is 10.3. The molecule has 0 aromatic carbocycles. The number of nitrogens with one attached hydrogen (secondary N) is 1. The molecule has 3 amide bonds. The van der Waals surface area contributed by atoms with Gasteiger partial charge in [0, 0.05) is 4.88 Å². The second kappa shape index (κ2) is 11.5. The molecule has 11 heteroatoms. The van der Waals surface area contributed by atoms with E-state index >= 15 is 0 Å². The number of halogens is 4. The van der Waals surface area contributed by atoms with Gasteiger partial charge in [0.1, 0.15) is 6.04 Å². The van der Waals surface area contributed by atoms with E-state index in [0.29, 0.717) is 37.0 Å². The molecule has 2 unspecified atom stereocenters. The van der Waals surface area contributed by atoms with E-state index < -0.39 is 48.0 Å². The highest BCUT2D eigenvalue weighted by molar-refractivity contribution is 9.11. The number of hydrogen-bond donors (Lipinski definition) is 2. The molecule has 3 rings (SSSR count). The topological polar surface area (TPSA) is 86.7 Å². The molecule has 1 aromatic heterocycles. The van der Waals surface area contributed by atoms with Gasteiger partial charge in [0.25, 0.3) is 0 Å². The summed E-state index contributed by atoms with van der Waals surface area (Å²) in [5, 5.41) is 11.4. The molecule has 2 heterocycles. The average Bonchev–Trinajstić information content (AvgIpc) is 3.16. The van der Waals surface area contributed by atoms with Gasteiger partial charge in [0.15, 0.2) is 6.04 Å². The maximum atomic E-state index is 13.6. The molecule has 0 radical (unpaired) electrons. The number of hydrogen-bond acceptors (Lipinski definition) is 4. The van der Waals surface area contributed by atoms with E-state index in [-0.39, 0.29) is 6.42 Å². The highest BCUT2D eigenvalue weighted by Crippen LogP contribution is 2.37. The number of aliphatic carboxylic acids is 1. The first-order chi connectivity index (χ1) is 15.1. The van der Waals surface area contributed by atoms with Crippen LogP contribution < -0.4 is 5.32 Å². The predicted octanol–water partition coefficient (Wildman–Crippen LogP) is 5.60. The zero-order valence-corrected chi connectivity index (χ0v) is 20.4. The maximum Gasteiger partial charge on any atom is 0.408 e. The number of carboxylic acid groups (broad SMARTS) is 1. The van der Waals surface area contributed by atoms with Crippen LogP contribution in [0.15, 0.2) is 15.9 Å². The molecule has 2 N–H and O–H groups in total. The minimum Gasteiger partial charge on any atom is -0.480 e. The summed E-state index contributed by atoms with van der Waals surface area (Å²) < 4.78 is 41.6. The van der Waals surface area contributed by atoms with E-state index in [2.05, 4.69) is 15.9 Å². The molecule has 1 aliphatic carbocycles. The molecule has 0 bridgehead atoms. The van der Waals surface area contributed by atoms with Crippen molar-refractivity contribution in [2.75, 3.05) is 0 Å². The van der Waals surface area contributed by atoms with E-state index in [1.165, 1.54) is 11.3 Å². The number of carboxylic acids is 1. The third-order valence-electron chi connectivity index (χ3n) is 5.77. The maximum absolute atomic E-state index is 13.6. The number of nitrogens with zero attached hydrogens (tertiary/aromatic N) is 1. The molecule has 2 aliphatic rings. The summed E-state index contributed by atoms with van der Waals surface area (Å²) >= 11 is 4.77. The number of aryl methyl sites for hydroxylation is 1. The van der Waals surface area contributed by atoms with Crippen molar-refractivity contribution in [3.8, 4) is 0 Å². The van der Waals surface area contributed by atoms with E-state index in [1.807, 2.05) is 31.3 Å². The van der Waals surface area contributed by atoms with Gasteiger partial charge >= 0.3 is 18.2 Å². The molecule has 3 atom stereocenters. The number of imide groups is 1. The lowest BCUT2D eigenvalue weighted by Gasteiger charge is -2.44. The Morgan fingerprint density at radius 2 is 1.88 bits per heavy atom. The largest absolute Gasteiger partial charge is 0.480 e. The minimum atomic E-state index is -4.67. The summed E-state index contributed by atoms with van der Waals surface area (Å²) in [6, 6.07) is -1.15. The van der Waals surface area contributed by atoms with Crippen molar-refractivity contribution in [3.63, 3.8) is 0 Å². The van der Waals surface area contributed by atoms with Crippen molar-refractivity contribution in [1.82, 2.24) is 10.2 Å². The quantitative estimate of drug-likeness (QED) is 0.459. The van der Waals surface area contributed by atoms with Gasteiger partial charge < -0.3 is 10.4 Å². The normalized spacial score (nSPS) is 22.4. The number of β-lactam (4-membered cyclic amide) rings is 1. The summed E-state index contributed by atoms with van der Waals surface area (Å²) in [7, 11) is 0. The lowest BCUT2D eigenvalue weighted by atomic mass is 9.82. The van der Waals surface area contributed by atoms with Crippen molar-refractivity contribution in [1.29, 1.82) is 0 Å². The highest BCUT2D eigenvalue weighted by atomic mass is 79.9. The number of alkyl halides is 3. The molecule has 1 saturated heterocycles. The molecule has 2 fully saturated rings. The molecule has 1 aliphatic heterocycles. The summed E-state index contributed by atoms with van der Waals surface area (Å²) in [5.41, 5.74) is 0. The first-order valence-corrected chi connectivity index (χ1v) is 12.4. The monoisotopic (exact) mass is 540 g/mol. The van der Waals surface area contributed by atoms with Crippen LogP contribution in [0.2, 0.25) is 0 Å². The fraction of sp³-hybridized carbons (Fsp3) is 0.667. The first-order valence-electron chi connectivity index (χ1n) is 10.8. The summed E-state index contributed by atoms with van der Waals surface area (Å²) in [6.07, 6.45) is -1.21. The Morgan fingerprint density at radius 1 is 1.25 bits per heavy atom. The van der Waals surface area contributed by atoms with Crippen LogP contribution in [0, 0.1) is 11.8 Å². The van der Waals surface area contributed by atoms with Crippen LogP contribution in [-0.2, 0) is 16.0 Å². The van der Waals surface area contributed by atoms with E-state index in [9.17, 15) is 32.7 Å². The number of rotatable bonds is 6. The lowest BCUT2D eigenvalue weighted by molar-refractivity contribution is -0.173. The van der Waals surface area contributed by atoms with Crippen LogP contribution in [0.4, 0.5) is 18.0 Å². The standard InChI is InChI=1S/C19H22BrF3N2O4S.C2H6/c20-13-9-7-11(30-13)6-8-12-14(17(27)28)25(16(12)26)18(29)24-15(19(21,22)23)10-4-2-1-3-5-10;1-2/h7,9-10,12,14-15H,1-6,8H2,(H,24,29)(H,27,28);1-2H3/t12-,14?,15?;/m1./s1. The Labute approximate surface area is 197 Å². The van der Waals surface area contributed by atoms with E-state index in [4.69, 9.17) is 0 Å². The van der Waals surface area contributed by atoms with Gasteiger partial charge in [0.2, 0.25) is 5.91 Å². The average molecular weight is 541 g/mol. The van der Waals surface area contributed by atoms with Crippen LogP contribution >= 0.6 is 27.3 Å².